The van der Waals surface area contributed by atoms with Crippen LogP contribution in [0, 0.1) is 0 Å². The molecule has 0 saturated heterocycles. The Morgan fingerprint density at radius 1 is 1.07 bits per heavy atom. The molecule has 3 rings (SSSR count). The normalized spacial score (nSPS) is 11.6. The van der Waals surface area contributed by atoms with Crippen molar-refractivity contribution in [1.82, 2.24) is 5.32 Å². The fraction of sp³-hybridized carbons (Fsp3) is 0.190. The molecule has 1 aromatic heterocycles. The number of hydrogen-bond acceptors (Lipinski definition) is 6. The summed E-state index contributed by atoms with van der Waals surface area (Å²) in [6.07, 6.45) is 0.306. The molecule has 0 unspecified atom stereocenters. The average molecular weight is 381 g/mol. The third-order valence-electron chi connectivity index (χ3n) is 4.07. The summed E-state index contributed by atoms with van der Waals surface area (Å²) >= 11 is 0. The third-order valence-corrected chi connectivity index (χ3v) is 4.07. The fourth-order valence-corrected chi connectivity index (χ4v) is 2.70. The predicted molar refractivity (Wildman–Crippen MR) is 102 cm³/mol. The van der Waals surface area contributed by atoms with Crippen molar-refractivity contribution in [2.24, 2.45) is 0 Å². The number of hydrogen-bond donors (Lipinski definition) is 1. The number of methoxy groups -OCH3 is 1. The summed E-state index contributed by atoms with van der Waals surface area (Å²) in [5.74, 6) is -0.639. The Morgan fingerprint density at radius 3 is 2.57 bits per heavy atom. The zero-order valence-electron chi connectivity index (χ0n) is 15.2. The summed E-state index contributed by atoms with van der Waals surface area (Å²) in [4.78, 5) is 35.5. The van der Waals surface area contributed by atoms with Gasteiger partial charge in [-0.05, 0) is 23.8 Å². The zero-order valence-corrected chi connectivity index (χ0v) is 15.2. The van der Waals surface area contributed by atoms with Gasteiger partial charge in [0.15, 0.2) is 6.61 Å². The van der Waals surface area contributed by atoms with Crippen LogP contribution in [0.5, 0.6) is 5.75 Å². The van der Waals surface area contributed by atoms with E-state index >= 15 is 0 Å². The van der Waals surface area contributed by atoms with E-state index in [0.29, 0.717) is 17.8 Å². The van der Waals surface area contributed by atoms with Gasteiger partial charge < -0.3 is 19.2 Å². The lowest BCUT2D eigenvalue weighted by atomic mass is 10.1. The molecule has 0 aliphatic rings. The highest BCUT2D eigenvalue weighted by Gasteiger charge is 2.22. The van der Waals surface area contributed by atoms with E-state index < -0.39 is 23.5 Å². The maximum absolute atomic E-state index is 12.2. The molecule has 0 saturated carbocycles. The molecule has 0 aliphatic carbocycles. The van der Waals surface area contributed by atoms with Crippen molar-refractivity contribution in [1.29, 1.82) is 0 Å². The van der Waals surface area contributed by atoms with Crippen LogP contribution in [0.1, 0.15) is 5.56 Å². The fourth-order valence-electron chi connectivity index (χ4n) is 2.70. The predicted octanol–water partition coefficient (Wildman–Crippen LogP) is 2.07. The van der Waals surface area contributed by atoms with Gasteiger partial charge in [0, 0.05) is 23.9 Å². The number of ether oxygens (including phenoxy) is 2. The molecular weight excluding hydrogens is 362 g/mol. The molecule has 28 heavy (non-hydrogen) atoms. The van der Waals surface area contributed by atoms with Crippen LogP contribution >= 0.6 is 0 Å². The smallest absolute Gasteiger partial charge is 0.336 e. The molecule has 1 N–H and O–H groups in total. The van der Waals surface area contributed by atoms with Crippen molar-refractivity contribution < 1.29 is 23.5 Å². The van der Waals surface area contributed by atoms with Crippen molar-refractivity contribution in [3.8, 4) is 5.75 Å². The van der Waals surface area contributed by atoms with Gasteiger partial charge in [-0.25, -0.2) is 9.59 Å². The van der Waals surface area contributed by atoms with Gasteiger partial charge in [0.05, 0.1) is 7.11 Å². The van der Waals surface area contributed by atoms with E-state index in [1.54, 1.807) is 18.2 Å². The lowest BCUT2D eigenvalue weighted by molar-refractivity contribution is -0.145. The van der Waals surface area contributed by atoms with Gasteiger partial charge in [-0.2, -0.15) is 0 Å². The second kappa shape index (κ2) is 8.85. The minimum Gasteiger partial charge on any atom is -0.484 e. The Labute approximate surface area is 160 Å². The van der Waals surface area contributed by atoms with Gasteiger partial charge in [-0.3, -0.25) is 4.79 Å². The molecule has 2 aromatic carbocycles. The Morgan fingerprint density at radius 2 is 1.82 bits per heavy atom. The SMILES string of the molecule is COC(=O)[C@H](Cc1ccccc1)NC(=O)COc1ccc2ccc(=O)oc2c1. The number of benzene rings is 2. The number of fused-ring (bicyclic) bond motifs is 1. The number of carbonyl (C=O) groups is 2. The minimum absolute atomic E-state index is 0.301. The summed E-state index contributed by atoms with van der Waals surface area (Å²) in [6, 6.07) is 16.4. The first-order valence-electron chi connectivity index (χ1n) is 8.63. The summed E-state index contributed by atoms with van der Waals surface area (Å²) in [5.41, 5.74) is 0.787. The molecule has 144 valence electrons. The molecule has 0 spiro atoms. The number of nitrogens with one attached hydrogen (secondary N) is 1. The zero-order chi connectivity index (χ0) is 19.9. The summed E-state index contributed by atoms with van der Waals surface area (Å²) in [6.45, 7) is -0.301. The monoisotopic (exact) mass is 381 g/mol. The largest absolute Gasteiger partial charge is 0.484 e. The van der Waals surface area contributed by atoms with E-state index in [2.05, 4.69) is 5.32 Å². The summed E-state index contributed by atoms with van der Waals surface area (Å²) in [5, 5.41) is 3.36. The van der Waals surface area contributed by atoms with Crippen LogP contribution in [0.15, 0.2) is 69.9 Å². The Balaban J connectivity index is 1.62. The maximum Gasteiger partial charge on any atom is 0.336 e. The molecule has 1 heterocycles. The first-order chi connectivity index (χ1) is 13.5. The van der Waals surface area contributed by atoms with Crippen molar-refractivity contribution in [2.45, 2.75) is 12.5 Å². The molecule has 0 aliphatic heterocycles. The highest BCUT2D eigenvalue weighted by atomic mass is 16.5. The van der Waals surface area contributed by atoms with Gasteiger partial charge >= 0.3 is 11.6 Å². The van der Waals surface area contributed by atoms with E-state index in [4.69, 9.17) is 13.9 Å². The molecule has 0 bridgehead atoms. The van der Waals surface area contributed by atoms with Crippen molar-refractivity contribution in [3.05, 3.63) is 76.6 Å². The molecule has 7 heteroatoms. The van der Waals surface area contributed by atoms with Gasteiger partial charge in [-0.1, -0.05) is 30.3 Å². The standard InChI is InChI=1S/C21H19NO6/c1-26-21(25)17(11-14-5-3-2-4-6-14)22-19(23)13-27-16-9-7-15-8-10-20(24)28-18(15)12-16/h2-10,12,17H,11,13H2,1H3,(H,22,23)/t17-/m0/s1. The molecule has 0 fully saturated rings. The lowest BCUT2D eigenvalue weighted by Gasteiger charge is -2.17. The van der Waals surface area contributed by atoms with Crippen LogP contribution < -0.4 is 15.7 Å². The van der Waals surface area contributed by atoms with Gasteiger partial charge in [0.25, 0.3) is 5.91 Å². The van der Waals surface area contributed by atoms with Crippen LogP contribution in [-0.2, 0) is 20.7 Å². The lowest BCUT2D eigenvalue weighted by Crippen LogP contribution is -2.44. The van der Waals surface area contributed by atoms with E-state index in [9.17, 15) is 14.4 Å². The minimum atomic E-state index is -0.821. The number of carbonyl (C=O) groups excluding carboxylic acids is 2. The van der Waals surface area contributed by atoms with E-state index in [1.165, 1.54) is 19.2 Å². The summed E-state index contributed by atoms with van der Waals surface area (Å²) < 4.78 is 15.3. The molecule has 0 radical (unpaired) electrons. The Bertz CT molecular complexity index is 1030. The highest BCUT2D eigenvalue weighted by molar-refractivity contribution is 5.85. The van der Waals surface area contributed by atoms with E-state index in [0.717, 1.165) is 10.9 Å². The maximum atomic E-state index is 12.2. The number of amides is 1. The van der Waals surface area contributed by atoms with Gasteiger partial charge in [-0.15, -0.1) is 0 Å². The van der Waals surface area contributed by atoms with Crippen LogP contribution in [0.4, 0.5) is 0 Å². The summed E-state index contributed by atoms with van der Waals surface area (Å²) in [7, 11) is 1.27. The van der Waals surface area contributed by atoms with Crippen molar-refractivity contribution >= 4 is 22.8 Å². The average Bonchev–Trinajstić information content (AvgIpc) is 2.71. The van der Waals surface area contributed by atoms with Gasteiger partial charge in [0.1, 0.15) is 17.4 Å². The van der Waals surface area contributed by atoms with E-state index in [1.807, 2.05) is 30.3 Å². The topological polar surface area (TPSA) is 94.8 Å². The molecule has 7 nitrogen and oxygen atoms in total. The molecular formula is C21H19NO6. The van der Waals surface area contributed by atoms with Crippen molar-refractivity contribution in [3.63, 3.8) is 0 Å². The third kappa shape index (κ3) is 4.97. The number of rotatable bonds is 7. The Kier molecular flexibility index (Phi) is 6.06. The quantitative estimate of drug-likeness (QED) is 0.497. The van der Waals surface area contributed by atoms with E-state index in [-0.39, 0.29) is 6.61 Å². The number of esters is 1. The highest BCUT2D eigenvalue weighted by Crippen LogP contribution is 2.19. The molecule has 1 atom stereocenters. The second-order valence-corrected chi connectivity index (χ2v) is 6.08. The van der Waals surface area contributed by atoms with Crippen LogP contribution in [0.25, 0.3) is 11.0 Å². The van der Waals surface area contributed by atoms with Crippen LogP contribution in [0.3, 0.4) is 0 Å². The second-order valence-electron chi connectivity index (χ2n) is 6.08. The first-order valence-corrected chi connectivity index (χ1v) is 8.63. The van der Waals surface area contributed by atoms with Crippen LogP contribution in [-0.4, -0.2) is 31.6 Å². The Hall–Kier alpha value is -3.61. The first kappa shape index (κ1) is 19.2. The molecule has 3 aromatic rings. The van der Waals surface area contributed by atoms with Crippen LogP contribution in [0.2, 0.25) is 0 Å². The van der Waals surface area contributed by atoms with Gasteiger partial charge in [0.2, 0.25) is 0 Å². The molecule has 1 amide bonds. The van der Waals surface area contributed by atoms with Crippen molar-refractivity contribution in [2.75, 3.05) is 13.7 Å².